The Morgan fingerprint density at radius 2 is 1.79 bits per heavy atom. The molecule has 2 aromatic heterocycles. The first-order valence-electron chi connectivity index (χ1n) is 10.5. The number of benzene rings is 1. The third kappa shape index (κ3) is 4.65. The van der Waals surface area contributed by atoms with Gasteiger partial charge in [-0.2, -0.15) is 8.78 Å². The van der Waals surface area contributed by atoms with Gasteiger partial charge in [-0.05, 0) is 50.3 Å². The zero-order valence-electron chi connectivity index (χ0n) is 17.9. The first kappa shape index (κ1) is 23.8. The van der Waals surface area contributed by atoms with Crippen molar-refractivity contribution < 1.29 is 41.0 Å². The number of esters is 1. The van der Waals surface area contributed by atoms with Gasteiger partial charge in [0.1, 0.15) is 17.4 Å². The second kappa shape index (κ2) is 9.88. The van der Waals surface area contributed by atoms with Gasteiger partial charge in [0.05, 0.1) is 12.2 Å². The van der Waals surface area contributed by atoms with Crippen LogP contribution in [0.5, 0.6) is 5.75 Å². The number of hydrogen-bond donors (Lipinski definition) is 1. The highest BCUT2D eigenvalue weighted by Gasteiger charge is 2.28. The molecule has 0 radical (unpaired) electrons. The summed E-state index contributed by atoms with van der Waals surface area (Å²) in [5.74, 6) is -9.18. The second-order valence-corrected chi connectivity index (χ2v) is 8.55. The van der Waals surface area contributed by atoms with Crippen LogP contribution < -0.4 is 10.1 Å². The molecule has 34 heavy (non-hydrogen) atoms. The van der Waals surface area contributed by atoms with E-state index in [9.17, 15) is 27.2 Å². The molecule has 4 rings (SSSR count). The Bertz CT molecular complexity index is 1230. The maximum absolute atomic E-state index is 13.7. The standard InChI is InChI=1S/C23H19F4NO5S/c1-2-31-23(30)17-12-5-3-4-6-16(12)34-22(17)28-21(29)15-8-7-11(33-15)10-32-20-18(26)13(24)9-14(25)19(20)27/h7-9H,2-6,10H2,1H3,(H,28,29). The molecule has 6 nitrogen and oxygen atoms in total. The molecule has 0 saturated heterocycles. The first-order chi connectivity index (χ1) is 16.3. The molecule has 0 bridgehead atoms. The summed E-state index contributed by atoms with van der Waals surface area (Å²) in [6.07, 6.45) is 3.44. The summed E-state index contributed by atoms with van der Waals surface area (Å²) in [5.41, 5.74) is 1.22. The third-order valence-electron chi connectivity index (χ3n) is 5.19. The van der Waals surface area contributed by atoms with Gasteiger partial charge in [0.25, 0.3) is 5.91 Å². The van der Waals surface area contributed by atoms with Crippen LogP contribution in [0, 0.1) is 23.3 Å². The van der Waals surface area contributed by atoms with Crippen molar-refractivity contribution in [3.63, 3.8) is 0 Å². The Labute approximate surface area is 195 Å². The number of nitrogens with one attached hydrogen (secondary N) is 1. The van der Waals surface area contributed by atoms with E-state index in [0.29, 0.717) is 17.0 Å². The number of amides is 1. The van der Waals surface area contributed by atoms with Crippen LogP contribution in [0.4, 0.5) is 22.6 Å². The molecule has 0 aliphatic heterocycles. The number of furan rings is 1. The summed E-state index contributed by atoms with van der Waals surface area (Å²) < 4.78 is 69.5. The van der Waals surface area contributed by atoms with Gasteiger partial charge in [-0.3, -0.25) is 4.79 Å². The lowest BCUT2D eigenvalue weighted by Gasteiger charge is -2.12. The van der Waals surface area contributed by atoms with Crippen molar-refractivity contribution in [1.82, 2.24) is 0 Å². The van der Waals surface area contributed by atoms with Crippen molar-refractivity contribution in [3.05, 3.63) is 69.0 Å². The molecular weight excluding hydrogens is 478 g/mol. The first-order valence-corrected chi connectivity index (χ1v) is 11.3. The number of halogens is 4. The van der Waals surface area contributed by atoms with E-state index < -0.39 is 47.5 Å². The highest BCUT2D eigenvalue weighted by molar-refractivity contribution is 7.17. The van der Waals surface area contributed by atoms with Gasteiger partial charge in [-0.25, -0.2) is 13.6 Å². The van der Waals surface area contributed by atoms with Gasteiger partial charge in [-0.1, -0.05) is 0 Å². The molecule has 2 heterocycles. The summed E-state index contributed by atoms with van der Waals surface area (Å²) in [4.78, 5) is 26.3. The van der Waals surface area contributed by atoms with Crippen LogP contribution in [0.15, 0.2) is 22.6 Å². The van der Waals surface area contributed by atoms with E-state index in [1.165, 1.54) is 23.5 Å². The quantitative estimate of drug-likeness (QED) is 0.254. The van der Waals surface area contributed by atoms with E-state index in [4.69, 9.17) is 13.9 Å². The normalized spacial score (nSPS) is 12.9. The fraction of sp³-hybridized carbons (Fsp3) is 0.304. The van der Waals surface area contributed by atoms with E-state index in [0.717, 1.165) is 29.7 Å². The zero-order chi connectivity index (χ0) is 24.4. The summed E-state index contributed by atoms with van der Waals surface area (Å²) in [7, 11) is 0. The molecule has 0 atom stereocenters. The Kier molecular flexibility index (Phi) is 6.92. The lowest BCUT2D eigenvalue weighted by atomic mass is 9.95. The number of fused-ring (bicyclic) bond motifs is 1. The predicted molar refractivity (Wildman–Crippen MR) is 114 cm³/mol. The molecule has 3 aromatic rings. The minimum absolute atomic E-state index is 0.0234. The number of aryl methyl sites for hydroxylation is 1. The average molecular weight is 497 g/mol. The number of thiophene rings is 1. The number of carbonyl (C=O) groups excluding carboxylic acids is 2. The Morgan fingerprint density at radius 3 is 2.50 bits per heavy atom. The van der Waals surface area contributed by atoms with Gasteiger partial charge in [0.15, 0.2) is 23.1 Å². The lowest BCUT2D eigenvalue weighted by molar-refractivity contribution is 0.0526. The molecule has 180 valence electrons. The van der Waals surface area contributed by atoms with Gasteiger partial charge < -0.3 is 19.2 Å². The topological polar surface area (TPSA) is 77.8 Å². The highest BCUT2D eigenvalue weighted by atomic mass is 32.1. The maximum Gasteiger partial charge on any atom is 0.341 e. The van der Waals surface area contributed by atoms with Gasteiger partial charge >= 0.3 is 5.97 Å². The Hall–Kier alpha value is -3.34. The van der Waals surface area contributed by atoms with Crippen molar-refractivity contribution in [2.75, 3.05) is 11.9 Å². The summed E-state index contributed by atoms with van der Waals surface area (Å²) in [6, 6.07) is 2.68. The summed E-state index contributed by atoms with van der Waals surface area (Å²) in [6.45, 7) is 1.29. The summed E-state index contributed by atoms with van der Waals surface area (Å²) >= 11 is 1.31. The smallest absolute Gasteiger partial charge is 0.341 e. The molecule has 1 N–H and O–H groups in total. The third-order valence-corrected chi connectivity index (χ3v) is 6.40. The predicted octanol–water partition coefficient (Wildman–Crippen LogP) is 5.78. The molecule has 0 fully saturated rings. The minimum Gasteiger partial charge on any atom is -0.479 e. The molecule has 1 aliphatic rings. The Morgan fingerprint density at radius 1 is 1.09 bits per heavy atom. The van der Waals surface area contributed by atoms with Crippen LogP contribution in [-0.2, 0) is 24.2 Å². The van der Waals surface area contributed by atoms with Crippen molar-refractivity contribution in [3.8, 4) is 5.75 Å². The van der Waals surface area contributed by atoms with Crippen LogP contribution in [0.25, 0.3) is 0 Å². The maximum atomic E-state index is 13.7. The molecule has 0 spiro atoms. The zero-order valence-corrected chi connectivity index (χ0v) is 18.8. The molecule has 0 saturated carbocycles. The largest absolute Gasteiger partial charge is 0.479 e. The molecule has 1 aliphatic carbocycles. The monoisotopic (exact) mass is 497 g/mol. The minimum atomic E-state index is -1.68. The van der Waals surface area contributed by atoms with Crippen LogP contribution >= 0.6 is 11.3 Å². The van der Waals surface area contributed by atoms with Crippen molar-refractivity contribution in [2.24, 2.45) is 0 Å². The van der Waals surface area contributed by atoms with E-state index in [2.05, 4.69) is 5.32 Å². The van der Waals surface area contributed by atoms with Crippen molar-refractivity contribution in [1.29, 1.82) is 0 Å². The van der Waals surface area contributed by atoms with E-state index in [1.807, 2.05) is 0 Å². The fourth-order valence-electron chi connectivity index (χ4n) is 3.64. The van der Waals surface area contributed by atoms with E-state index >= 15 is 0 Å². The van der Waals surface area contributed by atoms with Gasteiger partial charge in [-0.15, -0.1) is 11.3 Å². The molecule has 1 amide bonds. The lowest BCUT2D eigenvalue weighted by Crippen LogP contribution is -2.15. The fourth-order valence-corrected chi connectivity index (χ4v) is 4.91. The number of anilines is 1. The van der Waals surface area contributed by atoms with Gasteiger partial charge in [0, 0.05) is 10.9 Å². The number of hydrogen-bond acceptors (Lipinski definition) is 6. The average Bonchev–Trinajstić information content (AvgIpc) is 3.42. The number of rotatable bonds is 7. The van der Waals surface area contributed by atoms with Crippen molar-refractivity contribution in [2.45, 2.75) is 39.2 Å². The van der Waals surface area contributed by atoms with Crippen LogP contribution in [0.1, 0.15) is 56.9 Å². The summed E-state index contributed by atoms with van der Waals surface area (Å²) in [5, 5.41) is 3.02. The van der Waals surface area contributed by atoms with Crippen LogP contribution in [0.3, 0.4) is 0 Å². The second-order valence-electron chi connectivity index (χ2n) is 7.44. The van der Waals surface area contributed by atoms with Crippen LogP contribution in [0.2, 0.25) is 0 Å². The Balaban J connectivity index is 1.50. The van der Waals surface area contributed by atoms with Crippen LogP contribution in [-0.4, -0.2) is 18.5 Å². The van der Waals surface area contributed by atoms with Crippen molar-refractivity contribution >= 4 is 28.2 Å². The highest BCUT2D eigenvalue weighted by Crippen LogP contribution is 2.39. The molecule has 0 unspecified atom stereocenters. The molecular formula is C23H19F4NO5S. The SMILES string of the molecule is CCOC(=O)c1c(NC(=O)c2ccc(COc3c(F)c(F)cc(F)c3F)o2)sc2c1CCCC2. The molecule has 1 aromatic carbocycles. The van der Waals surface area contributed by atoms with E-state index in [-0.39, 0.29) is 24.2 Å². The van der Waals surface area contributed by atoms with E-state index in [1.54, 1.807) is 6.92 Å². The van der Waals surface area contributed by atoms with Gasteiger partial charge in [0.2, 0.25) is 11.6 Å². The molecule has 11 heteroatoms. The number of ether oxygens (including phenoxy) is 2. The number of carbonyl (C=O) groups is 2.